The Morgan fingerprint density at radius 2 is 1.93 bits per heavy atom. The monoisotopic (exact) mass is 197 g/mol. The minimum Gasteiger partial charge on any atom is -0.468 e. The van der Waals surface area contributed by atoms with Gasteiger partial charge in [0.05, 0.1) is 7.11 Å². The van der Waals surface area contributed by atoms with Crippen LogP contribution in [0.5, 0.6) is 0 Å². The van der Waals surface area contributed by atoms with Gasteiger partial charge in [0.25, 0.3) is 0 Å². The molecule has 0 aromatic carbocycles. The van der Waals surface area contributed by atoms with Crippen LogP contribution in [0.1, 0.15) is 38.5 Å². The molecular formula is C11H19NO2. The van der Waals surface area contributed by atoms with E-state index in [1.165, 1.54) is 32.8 Å². The van der Waals surface area contributed by atoms with Gasteiger partial charge in [-0.1, -0.05) is 12.8 Å². The predicted octanol–water partition coefficient (Wildman–Crippen LogP) is 1.47. The molecule has 1 aliphatic carbocycles. The van der Waals surface area contributed by atoms with E-state index >= 15 is 0 Å². The zero-order valence-electron chi connectivity index (χ0n) is 8.79. The number of carbonyl (C=O) groups excluding carboxylic acids is 1. The third-order valence-corrected chi connectivity index (χ3v) is 3.64. The van der Waals surface area contributed by atoms with Crippen molar-refractivity contribution < 1.29 is 9.53 Å². The van der Waals surface area contributed by atoms with Gasteiger partial charge in [0.2, 0.25) is 0 Å². The van der Waals surface area contributed by atoms with Crippen molar-refractivity contribution in [3.8, 4) is 0 Å². The van der Waals surface area contributed by atoms with Crippen molar-refractivity contribution in [1.29, 1.82) is 0 Å². The molecule has 0 spiro atoms. The molecule has 2 atom stereocenters. The summed E-state index contributed by atoms with van der Waals surface area (Å²) in [6.45, 7) is 0. The molecule has 1 saturated heterocycles. The lowest BCUT2D eigenvalue weighted by molar-refractivity contribution is -0.142. The predicted molar refractivity (Wildman–Crippen MR) is 53.9 cm³/mol. The first-order valence-corrected chi connectivity index (χ1v) is 5.65. The second kappa shape index (κ2) is 4.30. The molecule has 2 rings (SSSR count). The molecule has 1 heterocycles. The molecule has 1 N–H and O–H groups in total. The summed E-state index contributed by atoms with van der Waals surface area (Å²) >= 11 is 0. The zero-order chi connectivity index (χ0) is 9.97. The number of hydrogen-bond donors (Lipinski definition) is 1. The smallest absolute Gasteiger partial charge is 0.322 e. The normalized spacial score (nSPS) is 33.5. The first kappa shape index (κ1) is 9.97. The molecule has 0 aromatic rings. The summed E-state index contributed by atoms with van der Waals surface area (Å²) in [6, 6.07) is 0.534. The van der Waals surface area contributed by atoms with Gasteiger partial charge in [-0.05, 0) is 31.6 Å². The molecule has 0 aromatic heterocycles. The van der Waals surface area contributed by atoms with Crippen LogP contribution >= 0.6 is 0 Å². The fraction of sp³-hybridized carbons (Fsp3) is 0.909. The number of carbonyl (C=O) groups is 1. The van der Waals surface area contributed by atoms with Gasteiger partial charge >= 0.3 is 5.97 Å². The Bertz CT molecular complexity index is 211. The average molecular weight is 197 g/mol. The van der Waals surface area contributed by atoms with E-state index in [1.807, 2.05) is 0 Å². The molecule has 0 amide bonds. The van der Waals surface area contributed by atoms with Crippen molar-refractivity contribution in [2.24, 2.45) is 5.92 Å². The Kier molecular flexibility index (Phi) is 3.06. The first-order chi connectivity index (χ1) is 6.81. The van der Waals surface area contributed by atoms with Crippen molar-refractivity contribution in [3.05, 3.63) is 0 Å². The number of hydrogen-bond acceptors (Lipinski definition) is 3. The topological polar surface area (TPSA) is 38.3 Å². The van der Waals surface area contributed by atoms with E-state index in [4.69, 9.17) is 4.74 Å². The van der Waals surface area contributed by atoms with Crippen molar-refractivity contribution >= 4 is 5.97 Å². The second-order valence-corrected chi connectivity index (χ2v) is 4.47. The quantitative estimate of drug-likeness (QED) is 0.681. The maximum Gasteiger partial charge on any atom is 0.322 e. The average Bonchev–Trinajstić information content (AvgIpc) is 2.86. The number of esters is 1. The highest BCUT2D eigenvalue weighted by Gasteiger charge is 2.34. The van der Waals surface area contributed by atoms with Crippen molar-refractivity contribution in [2.75, 3.05) is 7.11 Å². The van der Waals surface area contributed by atoms with Gasteiger partial charge in [-0.25, -0.2) is 0 Å². The van der Waals surface area contributed by atoms with Crippen LogP contribution in [0.4, 0.5) is 0 Å². The summed E-state index contributed by atoms with van der Waals surface area (Å²) in [5.74, 6) is 0.718. The molecule has 3 nitrogen and oxygen atoms in total. The Labute approximate surface area is 85.2 Å². The van der Waals surface area contributed by atoms with Gasteiger partial charge in [0, 0.05) is 6.04 Å². The summed E-state index contributed by atoms with van der Waals surface area (Å²) in [4.78, 5) is 11.3. The van der Waals surface area contributed by atoms with Gasteiger partial charge in [-0.2, -0.15) is 0 Å². The standard InChI is InChI=1S/C11H19NO2/c1-14-11(13)10-7-6-9(12-10)8-4-2-3-5-8/h8-10,12H,2-7H2,1H3. The van der Waals surface area contributed by atoms with Crippen LogP contribution in [0.25, 0.3) is 0 Å². The van der Waals surface area contributed by atoms with Crippen LogP contribution in [0.3, 0.4) is 0 Å². The molecule has 1 aliphatic heterocycles. The Hall–Kier alpha value is -0.570. The van der Waals surface area contributed by atoms with Gasteiger partial charge in [-0.3, -0.25) is 4.79 Å². The van der Waals surface area contributed by atoms with Crippen LogP contribution in [0, 0.1) is 5.92 Å². The van der Waals surface area contributed by atoms with Gasteiger partial charge in [0.1, 0.15) is 6.04 Å². The number of nitrogens with one attached hydrogen (secondary N) is 1. The van der Waals surface area contributed by atoms with Crippen molar-refractivity contribution in [1.82, 2.24) is 5.32 Å². The summed E-state index contributed by atoms with van der Waals surface area (Å²) < 4.78 is 4.74. The fourth-order valence-corrected chi connectivity index (χ4v) is 2.83. The van der Waals surface area contributed by atoms with E-state index < -0.39 is 0 Å². The maximum atomic E-state index is 11.3. The second-order valence-electron chi connectivity index (χ2n) is 4.47. The Morgan fingerprint density at radius 3 is 2.57 bits per heavy atom. The molecular weight excluding hydrogens is 178 g/mol. The first-order valence-electron chi connectivity index (χ1n) is 5.65. The SMILES string of the molecule is COC(=O)C1CCC(C2CCCC2)N1. The maximum absolute atomic E-state index is 11.3. The van der Waals surface area contributed by atoms with E-state index in [2.05, 4.69) is 5.32 Å². The highest BCUT2D eigenvalue weighted by atomic mass is 16.5. The Morgan fingerprint density at radius 1 is 1.21 bits per heavy atom. The molecule has 2 aliphatic rings. The minimum atomic E-state index is -0.0921. The third-order valence-electron chi connectivity index (χ3n) is 3.64. The van der Waals surface area contributed by atoms with E-state index in [1.54, 1.807) is 0 Å². The van der Waals surface area contributed by atoms with Gasteiger partial charge in [0.15, 0.2) is 0 Å². The summed E-state index contributed by atoms with van der Waals surface area (Å²) in [5.41, 5.74) is 0. The van der Waals surface area contributed by atoms with Crippen molar-refractivity contribution in [2.45, 2.75) is 50.6 Å². The van der Waals surface area contributed by atoms with Crippen LogP contribution in [-0.2, 0) is 9.53 Å². The molecule has 0 bridgehead atoms. The molecule has 80 valence electrons. The molecule has 14 heavy (non-hydrogen) atoms. The van der Waals surface area contributed by atoms with Crippen molar-refractivity contribution in [3.63, 3.8) is 0 Å². The van der Waals surface area contributed by atoms with Gasteiger partial charge < -0.3 is 10.1 Å². The molecule has 2 fully saturated rings. The molecule has 3 heteroatoms. The summed E-state index contributed by atoms with van der Waals surface area (Å²) in [6.07, 6.45) is 7.51. The Balaban J connectivity index is 1.84. The lowest BCUT2D eigenvalue weighted by Crippen LogP contribution is -2.39. The van der Waals surface area contributed by atoms with E-state index in [0.717, 1.165) is 18.8 Å². The highest BCUT2D eigenvalue weighted by Crippen LogP contribution is 2.32. The molecule has 2 unspecified atom stereocenters. The van der Waals surface area contributed by atoms with E-state index in [-0.39, 0.29) is 12.0 Å². The molecule has 0 radical (unpaired) electrons. The van der Waals surface area contributed by atoms with Crippen LogP contribution in [0.15, 0.2) is 0 Å². The van der Waals surface area contributed by atoms with E-state index in [9.17, 15) is 4.79 Å². The number of ether oxygens (including phenoxy) is 1. The molecule has 1 saturated carbocycles. The van der Waals surface area contributed by atoms with Crippen LogP contribution in [0.2, 0.25) is 0 Å². The van der Waals surface area contributed by atoms with E-state index in [0.29, 0.717) is 6.04 Å². The largest absolute Gasteiger partial charge is 0.468 e. The fourth-order valence-electron chi connectivity index (χ4n) is 2.83. The number of methoxy groups -OCH3 is 1. The highest BCUT2D eigenvalue weighted by molar-refractivity contribution is 5.76. The minimum absolute atomic E-state index is 0.0365. The zero-order valence-corrected chi connectivity index (χ0v) is 8.79. The lowest BCUT2D eigenvalue weighted by Gasteiger charge is -2.19. The van der Waals surface area contributed by atoms with Gasteiger partial charge in [-0.15, -0.1) is 0 Å². The summed E-state index contributed by atoms with van der Waals surface area (Å²) in [5, 5.41) is 3.41. The lowest BCUT2D eigenvalue weighted by atomic mass is 9.97. The van der Waals surface area contributed by atoms with Crippen LogP contribution in [-0.4, -0.2) is 25.2 Å². The third kappa shape index (κ3) is 1.92. The summed E-state index contributed by atoms with van der Waals surface area (Å²) in [7, 11) is 1.47. The number of rotatable bonds is 2. The van der Waals surface area contributed by atoms with Crippen LogP contribution < -0.4 is 5.32 Å².